The van der Waals surface area contributed by atoms with Gasteiger partial charge in [-0.1, -0.05) is 26.0 Å². The Morgan fingerprint density at radius 3 is 2.54 bits per heavy atom. The van der Waals surface area contributed by atoms with Crippen LogP contribution in [0.1, 0.15) is 30.5 Å². The molecule has 2 aromatic carbocycles. The van der Waals surface area contributed by atoms with Crippen LogP contribution < -0.4 is 4.74 Å². The standard InChI is InChI=1S/C26H27F3N4O3S/c1-4-31(5-2)10-11-32-24(34)23(37-25(32)35)13-17-6-9-22-19(12-17)15-30-33(22)16-18-7-8-20(36-3)14-21(18)26(27,28)29/h6-9,12-15H,4-5,10-11,16H2,1-3H3/b23-13-. The van der Waals surface area contributed by atoms with Gasteiger partial charge >= 0.3 is 6.18 Å². The first-order valence-corrected chi connectivity index (χ1v) is 12.6. The van der Waals surface area contributed by atoms with Gasteiger partial charge in [0, 0.05) is 18.5 Å². The SMILES string of the molecule is CCN(CC)CCN1C(=O)S/C(=C\c2ccc3c(cnn3Cc3ccc(OC)cc3C(F)(F)F)c2)C1=O. The maximum absolute atomic E-state index is 13.6. The Morgan fingerprint density at radius 1 is 1.11 bits per heavy atom. The average molecular weight is 533 g/mol. The summed E-state index contributed by atoms with van der Waals surface area (Å²) in [5.74, 6) is -0.194. The predicted molar refractivity (Wildman–Crippen MR) is 137 cm³/mol. The van der Waals surface area contributed by atoms with Crippen molar-refractivity contribution in [3.63, 3.8) is 0 Å². The van der Waals surface area contributed by atoms with E-state index in [0.717, 1.165) is 30.9 Å². The van der Waals surface area contributed by atoms with Crippen molar-refractivity contribution < 1.29 is 27.5 Å². The molecule has 7 nitrogen and oxygen atoms in total. The van der Waals surface area contributed by atoms with Crippen molar-refractivity contribution in [3.8, 4) is 5.75 Å². The Hall–Kier alpha value is -3.31. The van der Waals surface area contributed by atoms with E-state index in [1.807, 2.05) is 13.8 Å². The molecule has 0 saturated carbocycles. The Morgan fingerprint density at radius 2 is 1.86 bits per heavy atom. The van der Waals surface area contributed by atoms with Gasteiger partial charge in [-0.3, -0.25) is 19.2 Å². The van der Waals surface area contributed by atoms with E-state index in [9.17, 15) is 22.8 Å². The molecule has 1 saturated heterocycles. The number of hydrogen-bond acceptors (Lipinski definition) is 6. The normalized spacial score (nSPS) is 15.5. The number of alkyl halides is 3. The summed E-state index contributed by atoms with van der Waals surface area (Å²) in [5, 5.41) is 4.69. The first-order chi connectivity index (χ1) is 17.6. The Kier molecular flexibility index (Phi) is 7.93. The monoisotopic (exact) mass is 532 g/mol. The maximum atomic E-state index is 13.6. The molecule has 0 bridgehead atoms. The number of aromatic nitrogens is 2. The van der Waals surface area contributed by atoms with Crippen LogP contribution in [0.15, 0.2) is 47.5 Å². The molecular weight excluding hydrogens is 505 g/mol. The van der Waals surface area contributed by atoms with Crippen molar-refractivity contribution >= 4 is 39.9 Å². The van der Waals surface area contributed by atoms with Crippen LogP contribution in [0.25, 0.3) is 17.0 Å². The number of carbonyl (C=O) groups is 2. The lowest BCUT2D eigenvalue weighted by atomic mass is 10.1. The highest BCUT2D eigenvalue weighted by Crippen LogP contribution is 2.35. The molecule has 1 aromatic heterocycles. The molecular formula is C26H27F3N4O3S. The van der Waals surface area contributed by atoms with Crippen molar-refractivity contribution in [2.24, 2.45) is 0 Å². The molecule has 0 atom stereocenters. The number of hydrogen-bond donors (Lipinski definition) is 0. The molecule has 0 spiro atoms. The first-order valence-electron chi connectivity index (χ1n) is 11.8. The second kappa shape index (κ2) is 11.0. The molecule has 0 radical (unpaired) electrons. The number of nitrogens with zero attached hydrogens (tertiary/aromatic N) is 4. The molecule has 1 fully saturated rings. The number of thioether (sulfide) groups is 1. The molecule has 3 aromatic rings. The van der Waals surface area contributed by atoms with Crippen LogP contribution in [0, 0.1) is 0 Å². The van der Waals surface area contributed by atoms with Gasteiger partial charge < -0.3 is 9.64 Å². The number of rotatable bonds is 9. The lowest BCUT2D eigenvalue weighted by Gasteiger charge is -2.20. The predicted octanol–water partition coefficient (Wildman–Crippen LogP) is 5.49. The summed E-state index contributed by atoms with van der Waals surface area (Å²) < 4.78 is 47.3. The summed E-state index contributed by atoms with van der Waals surface area (Å²) >= 11 is 0.905. The Labute approximate surface area is 216 Å². The van der Waals surface area contributed by atoms with E-state index >= 15 is 0 Å². The second-order valence-electron chi connectivity index (χ2n) is 8.50. The fourth-order valence-electron chi connectivity index (χ4n) is 4.19. The van der Waals surface area contributed by atoms with Crippen molar-refractivity contribution in [2.75, 3.05) is 33.3 Å². The van der Waals surface area contributed by atoms with E-state index in [1.165, 1.54) is 28.8 Å². The van der Waals surface area contributed by atoms with Gasteiger partial charge in [0.1, 0.15) is 5.75 Å². The zero-order valence-corrected chi connectivity index (χ0v) is 21.5. The number of likely N-dealkylation sites (N-methyl/N-ethyl adjacent to an activating group) is 1. The van der Waals surface area contributed by atoms with Gasteiger partial charge in [-0.05, 0) is 66.3 Å². The number of carbonyl (C=O) groups excluding carboxylic acids is 2. The zero-order chi connectivity index (χ0) is 26.7. The maximum Gasteiger partial charge on any atom is 0.416 e. The van der Waals surface area contributed by atoms with E-state index in [2.05, 4.69) is 10.00 Å². The molecule has 2 amide bonds. The van der Waals surface area contributed by atoms with Crippen LogP contribution in [0.2, 0.25) is 0 Å². The van der Waals surface area contributed by atoms with Crippen LogP contribution in [-0.2, 0) is 17.5 Å². The molecule has 4 rings (SSSR count). The van der Waals surface area contributed by atoms with Gasteiger partial charge in [0.25, 0.3) is 11.1 Å². The number of amides is 2. The molecule has 37 heavy (non-hydrogen) atoms. The van der Waals surface area contributed by atoms with Gasteiger partial charge in [0.15, 0.2) is 0 Å². The van der Waals surface area contributed by atoms with E-state index < -0.39 is 11.7 Å². The Balaban J connectivity index is 1.55. The van der Waals surface area contributed by atoms with Crippen LogP contribution in [0.3, 0.4) is 0 Å². The van der Waals surface area contributed by atoms with E-state index in [0.29, 0.717) is 34.5 Å². The molecule has 0 unspecified atom stereocenters. The molecule has 0 N–H and O–H groups in total. The van der Waals surface area contributed by atoms with Crippen LogP contribution in [0.4, 0.5) is 18.0 Å². The van der Waals surface area contributed by atoms with Crippen molar-refractivity contribution in [2.45, 2.75) is 26.6 Å². The molecule has 0 aliphatic carbocycles. The minimum atomic E-state index is -4.53. The quantitative estimate of drug-likeness (QED) is 0.340. The number of ether oxygens (including phenoxy) is 1. The van der Waals surface area contributed by atoms with Crippen molar-refractivity contribution in [1.82, 2.24) is 19.6 Å². The lowest BCUT2D eigenvalue weighted by molar-refractivity contribution is -0.138. The smallest absolute Gasteiger partial charge is 0.416 e. The van der Waals surface area contributed by atoms with Crippen LogP contribution >= 0.6 is 11.8 Å². The highest BCUT2D eigenvalue weighted by molar-refractivity contribution is 8.18. The number of imide groups is 1. The summed E-state index contributed by atoms with van der Waals surface area (Å²) in [6.07, 6.45) is -1.31. The van der Waals surface area contributed by atoms with E-state index in [-0.39, 0.29) is 29.0 Å². The topological polar surface area (TPSA) is 67.7 Å². The summed E-state index contributed by atoms with van der Waals surface area (Å²) in [5.41, 5.74) is 0.639. The van der Waals surface area contributed by atoms with Crippen molar-refractivity contribution in [3.05, 3.63) is 64.2 Å². The van der Waals surface area contributed by atoms with Crippen LogP contribution in [-0.4, -0.2) is 64.0 Å². The van der Waals surface area contributed by atoms with Crippen molar-refractivity contribution in [1.29, 1.82) is 0 Å². The van der Waals surface area contributed by atoms with Gasteiger partial charge in [-0.25, -0.2) is 0 Å². The number of methoxy groups -OCH3 is 1. The van der Waals surface area contributed by atoms with Gasteiger partial charge in [-0.2, -0.15) is 18.3 Å². The molecule has 2 heterocycles. The number of benzene rings is 2. The largest absolute Gasteiger partial charge is 0.497 e. The third-order valence-corrected chi connectivity index (χ3v) is 7.22. The van der Waals surface area contributed by atoms with E-state index in [4.69, 9.17) is 4.74 Å². The fraction of sp³-hybridized carbons (Fsp3) is 0.346. The summed E-state index contributed by atoms with van der Waals surface area (Å²) in [6, 6.07) is 9.15. The number of fused-ring (bicyclic) bond motifs is 1. The first kappa shape index (κ1) is 26.7. The minimum absolute atomic E-state index is 0.0702. The number of halogens is 3. The highest BCUT2D eigenvalue weighted by atomic mass is 32.2. The molecule has 1 aliphatic rings. The third-order valence-electron chi connectivity index (χ3n) is 6.31. The fourth-order valence-corrected chi connectivity index (χ4v) is 5.06. The summed E-state index contributed by atoms with van der Waals surface area (Å²) in [7, 11) is 1.32. The summed E-state index contributed by atoms with van der Waals surface area (Å²) in [6.45, 7) is 6.61. The molecule has 11 heteroatoms. The van der Waals surface area contributed by atoms with Crippen LogP contribution in [0.5, 0.6) is 5.75 Å². The average Bonchev–Trinajstić information content (AvgIpc) is 3.38. The van der Waals surface area contributed by atoms with E-state index in [1.54, 1.807) is 30.5 Å². The second-order valence-corrected chi connectivity index (χ2v) is 9.49. The van der Waals surface area contributed by atoms with Gasteiger partial charge in [-0.15, -0.1) is 0 Å². The summed E-state index contributed by atoms with van der Waals surface area (Å²) in [4.78, 5) is 29.0. The minimum Gasteiger partial charge on any atom is -0.497 e. The van der Waals surface area contributed by atoms with Gasteiger partial charge in [0.05, 0.1) is 35.8 Å². The molecule has 1 aliphatic heterocycles. The Bertz CT molecular complexity index is 1350. The van der Waals surface area contributed by atoms with Gasteiger partial charge in [0.2, 0.25) is 0 Å². The zero-order valence-electron chi connectivity index (χ0n) is 20.7. The third kappa shape index (κ3) is 5.83. The highest BCUT2D eigenvalue weighted by Gasteiger charge is 2.35. The lowest BCUT2D eigenvalue weighted by Crippen LogP contribution is -2.37. The molecule has 196 valence electrons.